The van der Waals surface area contributed by atoms with Crippen LogP contribution in [0.3, 0.4) is 0 Å². The number of carbonyl (C=O) groups is 2. The molecule has 3 aromatic rings. The Morgan fingerprint density at radius 2 is 2.16 bits per heavy atom. The Morgan fingerprint density at radius 3 is 2.92 bits per heavy atom. The molecule has 1 N–H and O–H groups in total. The number of hydrogen-bond acceptors (Lipinski definition) is 7. The van der Waals surface area contributed by atoms with Crippen LogP contribution in [0.1, 0.15) is 41.0 Å². The van der Waals surface area contributed by atoms with Crippen LogP contribution in [0.2, 0.25) is 0 Å². The number of benzene rings is 1. The lowest BCUT2D eigenvalue weighted by molar-refractivity contribution is -0.125. The van der Waals surface area contributed by atoms with Gasteiger partial charge in [0.25, 0.3) is 5.91 Å². The molecule has 0 spiro atoms. The van der Waals surface area contributed by atoms with Crippen LogP contribution in [-0.2, 0) is 16.0 Å². The van der Waals surface area contributed by atoms with Crippen molar-refractivity contribution in [1.82, 2.24) is 14.9 Å². The molecular formula is C17H17N3O4S. The fourth-order valence-corrected chi connectivity index (χ4v) is 3.01. The van der Waals surface area contributed by atoms with E-state index in [2.05, 4.69) is 14.9 Å². The largest absolute Gasteiger partial charge is 0.459 e. The molecule has 7 nitrogen and oxygen atoms in total. The summed E-state index contributed by atoms with van der Waals surface area (Å²) in [5.74, 6) is -0.351. The number of aromatic nitrogens is 2. The first-order chi connectivity index (χ1) is 12.1. The van der Waals surface area contributed by atoms with Gasteiger partial charge in [0, 0.05) is 5.39 Å². The number of esters is 1. The van der Waals surface area contributed by atoms with Gasteiger partial charge in [-0.2, -0.15) is 0 Å². The van der Waals surface area contributed by atoms with Crippen molar-refractivity contribution in [3.8, 4) is 0 Å². The number of furan rings is 1. The molecule has 1 atom stereocenters. The van der Waals surface area contributed by atoms with E-state index in [9.17, 15) is 9.59 Å². The van der Waals surface area contributed by atoms with Crippen molar-refractivity contribution < 1.29 is 18.7 Å². The van der Waals surface area contributed by atoms with Crippen molar-refractivity contribution in [3.63, 3.8) is 0 Å². The number of nitrogens with one attached hydrogen (secondary N) is 1. The predicted molar refractivity (Wildman–Crippen MR) is 92.3 cm³/mol. The third kappa shape index (κ3) is 3.85. The summed E-state index contributed by atoms with van der Waals surface area (Å²) in [6, 6.07) is 9.15. The molecule has 1 aromatic carbocycles. The molecule has 25 heavy (non-hydrogen) atoms. The van der Waals surface area contributed by atoms with Gasteiger partial charge in [-0.25, -0.2) is 4.79 Å². The second kappa shape index (κ2) is 7.43. The molecule has 0 unspecified atom stereocenters. The Balaban J connectivity index is 1.56. The third-order valence-electron chi connectivity index (χ3n) is 3.66. The number of aryl methyl sites for hydroxylation is 1. The standard InChI is InChI=1S/C17H17N3O4S/c1-3-12-16(25-20-19-12)17(22)23-9-15(21)18-10(2)14-8-11-6-4-5-7-13(11)24-14/h4-8,10H,3,9H2,1-2H3,(H,18,21)/t10-/m0/s1. The maximum atomic E-state index is 12.0. The molecule has 0 bridgehead atoms. The van der Waals surface area contributed by atoms with Crippen LogP contribution in [-0.4, -0.2) is 28.1 Å². The molecule has 2 aromatic heterocycles. The molecule has 130 valence electrons. The molecule has 0 radical (unpaired) electrons. The summed E-state index contributed by atoms with van der Waals surface area (Å²) in [6.45, 7) is 3.30. The van der Waals surface area contributed by atoms with E-state index in [-0.39, 0.29) is 12.6 Å². The molecular weight excluding hydrogens is 342 g/mol. The van der Waals surface area contributed by atoms with Crippen molar-refractivity contribution in [2.24, 2.45) is 0 Å². The highest BCUT2D eigenvalue weighted by molar-refractivity contribution is 7.07. The average Bonchev–Trinajstić information content (AvgIpc) is 3.25. The molecule has 0 aliphatic heterocycles. The highest BCUT2D eigenvalue weighted by atomic mass is 32.1. The molecule has 0 saturated carbocycles. The van der Waals surface area contributed by atoms with Gasteiger partial charge >= 0.3 is 5.97 Å². The van der Waals surface area contributed by atoms with Gasteiger partial charge in [-0.3, -0.25) is 4.79 Å². The zero-order valence-electron chi connectivity index (χ0n) is 13.8. The number of hydrogen-bond donors (Lipinski definition) is 1. The SMILES string of the molecule is CCc1nnsc1C(=O)OCC(=O)N[C@@H](C)c1cc2ccccc2o1. The zero-order chi connectivity index (χ0) is 17.8. The number of carbonyl (C=O) groups excluding carboxylic acids is 2. The molecule has 3 rings (SSSR count). The highest BCUT2D eigenvalue weighted by Gasteiger charge is 2.19. The second-order valence-corrected chi connectivity index (χ2v) is 6.21. The van der Waals surface area contributed by atoms with E-state index in [1.165, 1.54) is 0 Å². The first-order valence-corrected chi connectivity index (χ1v) is 8.62. The monoisotopic (exact) mass is 359 g/mol. The smallest absolute Gasteiger partial charge is 0.352 e. The van der Waals surface area contributed by atoms with Crippen LogP contribution in [0.5, 0.6) is 0 Å². The Labute approximate surface area is 148 Å². The summed E-state index contributed by atoms with van der Waals surface area (Å²) in [7, 11) is 0. The van der Waals surface area contributed by atoms with Crippen molar-refractivity contribution in [3.05, 3.63) is 46.7 Å². The van der Waals surface area contributed by atoms with Crippen LogP contribution in [0, 0.1) is 0 Å². The third-order valence-corrected chi connectivity index (χ3v) is 4.41. The Hall–Kier alpha value is -2.74. The minimum atomic E-state index is -0.585. The summed E-state index contributed by atoms with van der Waals surface area (Å²) >= 11 is 0.965. The minimum Gasteiger partial charge on any atom is -0.459 e. The highest BCUT2D eigenvalue weighted by Crippen LogP contribution is 2.23. The van der Waals surface area contributed by atoms with Gasteiger partial charge < -0.3 is 14.5 Å². The fraction of sp³-hybridized carbons (Fsp3) is 0.294. The topological polar surface area (TPSA) is 94.3 Å². The summed E-state index contributed by atoms with van der Waals surface area (Å²) in [4.78, 5) is 24.3. The predicted octanol–water partition coefficient (Wildman–Crippen LogP) is 2.88. The van der Waals surface area contributed by atoms with Gasteiger partial charge in [0.1, 0.15) is 11.3 Å². The zero-order valence-corrected chi connectivity index (χ0v) is 14.6. The van der Waals surface area contributed by atoms with Crippen LogP contribution in [0.4, 0.5) is 0 Å². The van der Waals surface area contributed by atoms with Crippen molar-refractivity contribution >= 4 is 34.4 Å². The molecule has 0 aliphatic carbocycles. The number of ether oxygens (including phenoxy) is 1. The first-order valence-electron chi connectivity index (χ1n) is 7.84. The van der Waals surface area contributed by atoms with Gasteiger partial charge in [0.2, 0.25) is 0 Å². The number of rotatable bonds is 6. The lowest BCUT2D eigenvalue weighted by atomic mass is 10.2. The van der Waals surface area contributed by atoms with E-state index in [1.54, 1.807) is 6.92 Å². The van der Waals surface area contributed by atoms with Gasteiger partial charge in [0.05, 0.1) is 11.7 Å². The molecule has 0 saturated heterocycles. The fourth-order valence-electron chi connectivity index (χ4n) is 2.36. The van der Waals surface area contributed by atoms with E-state index >= 15 is 0 Å². The average molecular weight is 359 g/mol. The molecule has 8 heteroatoms. The van der Waals surface area contributed by atoms with E-state index in [0.29, 0.717) is 22.8 Å². The van der Waals surface area contributed by atoms with Gasteiger partial charge in [0.15, 0.2) is 11.5 Å². The number of nitrogens with zero attached hydrogens (tertiary/aromatic N) is 2. The van der Waals surface area contributed by atoms with Crippen LogP contribution >= 0.6 is 11.5 Å². The van der Waals surface area contributed by atoms with E-state index in [0.717, 1.165) is 22.5 Å². The van der Waals surface area contributed by atoms with Crippen LogP contribution in [0.25, 0.3) is 11.0 Å². The quantitative estimate of drug-likeness (QED) is 0.680. The maximum Gasteiger partial charge on any atom is 0.352 e. The number of fused-ring (bicyclic) bond motifs is 1. The maximum absolute atomic E-state index is 12.0. The first kappa shape index (κ1) is 17.1. The summed E-state index contributed by atoms with van der Waals surface area (Å²) in [5.41, 5.74) is 1.33. The van der Waals surface area contributed by atoms with Gasteiger partial charge in [-0.1, -0.05) is 29.6 Å². The molecule has 0 fully saturated rings. The lowest BCUT2D eigenvalue weighted by Crippen LogP contribution is -2.31. The molecule has 1 amide bonds. The van der Waals surface area contributed by atoms with E-state index < -0.39 is 11.9 Å². The van der Waals surface area contributed by atoms with Crippen molar-refractivity contribution in [2.75, 3.05) is 6.61 Å². The number of para-hydroxylation sites is 1. The summed E-state index contributed by atoms with van der Waals surface area (Å²) in [6.07, 6.45) is 0.580. The summed E-state index contributed by atoms with van der Waals surface area (Å²) in [5, 5.41) is 7.56. The van der Waals surface area contributed by atoms with Crippen LogP contribution in [0.15, 0.2) is 34.7 Å². The van der Waals surface area contributed by atoms with Crippen LogP contribution < -0.4 is 5.32 Å². The second-order valence-electron chi connectivity index (χ2n) is 5.45. The lowest BCUT2D eigenvalue weighted by Gasteiger charge is -2.11. The van der Waals surface area contributed by atoms with E-state index in [1.807, 2.05) is 37.3 Å². The normalized spacial score (nSPS) is 12.1. The van der Waals surface area contributed by atoms with Gasteiger partial charge in [-0.05, 0) is 37.0 Å². The Bertz CT molecular complexity index is 869. The Morgan fingerprint density at radius 1 is 1.36 bits per heavy atom. The minimum absolute atomic E-state index is 0.334. The number of amides is 1. The van der Waals surface area contributed by atoms with E-state index in [4.69, 9.17) is 9.15 Å². The Kier molecular flexibility index (Phi) is 5.08. The van der Waals surface area contributed by atoms with Gasteiger partial charge in [-0.15, -0.1) is 5.10 Å². The van der Waals surface area contributed by atoms with Crippen molar-refractivity contribution in [2.45, 2.75) is 26.3 Å². The van der Waals surface area contributed by atoms with Crippen molar-refractivity contribution in [1.29, 1.82) is 0 Å². The molecule has 2 heterocycles. The molecule has 0 aliphatic rings. The summed E-state index contributed by atoms with van der Waals surface area (Å²) < 4.78 is 14.5.